The molecule has 0 fully saturated rings. The van der Waals surface area contributed by atoms with Crippen LogP contribution in [0.5, 0.6) is 5.75 Å². The fraction of sp³-hybridized carbons (Fsp3) is 0.200. The zero-order chi connectivity index (χ0) is 13.8. The predicted octanol–water partition coefficient (Wildman–Crippen LogP) is 4.43. The number of thioether (sulfide) groups is 1. The Balaban J connectivity index is 2.23. The summed E-state index contributed by atoms with van der Waals surface area (Å²) in [5.74, 6) is -0.459. The molecule has 2 aromatic carbocycles. The normalized spacial score (nSPS) is 12.2. The van der Waals surface area contributed by atoms with Gasteiger partial charge in [-0.25, -0.2) is 4.39 Å². The Morgan fingerprint density at radius 2 is 1.95 bits per heavy atom. The number of anilines is 1. The van der Waals surface area contributed by atoms with Gasteiger partial charge in [0.15, 0.2) is 0 Å². The van der Waals surface area contributed by atoms with Gasteiger partial charge in [0.1, 0.15) is 11.6 Å². The SMILES string of the molecule is CSc1ccccc1NC(C)c1ccc(O)cc1F. The molecule has 100 valence electrons. The standard InChI is InChI=1S/C15H16FNOS/c1-10(12-8-7-11(18)9-13(12)16)17-14-5-3-4-6-15(14)19-2/h3-10,17-18H,1-2H3. The third-order valence-corrected chi connectivity index (χ3v) is 3.73. The van der Waals surface area contributed by atoms with Crippen LogP contribution in [0.2, 0.25) is 0 Å². The van der Waals surface area contributed by atoms with Gasteiger partial charge in [-0.3, -0.25) is 0 Å². The van der Waals surface area contributed by atoms with Gasteiger partial charge in [-0.15, -0.1) is 11.8 Å². The van der Waals surface area contributed by atoms with Gasteiger partial charge in [0, 0.05) is 22.2 Å². The van der Waals surface area contributed by atoms with Gasteiger partial charge in [-0.1, -0.05) is 18.2 Å². The van der Waals surface area contributed by atoms with Crippen LogP contribution in [0.15, 0.2) is 47.4 Å². The van der Waals surface area contributed by atoms with Crippen LogP contribution in [0.25, 0.3) is 0 Å². The maximum Gasteiger partial charge on any atom is 0.132 e. The summed E-state index contributed by atoms with van der Waals surface area (Å²) in [5, 5.41) is 12.5. The van der Waals surface area contributed by atoms with E-state index in [0.717, 1.165) is 16.6 Å². The van der Waals surface area contributed by atoms with E-state index in [9.17, 15) is 9.50 Å². The molecule has 0 heterocycles. The van der Waals surface area contributed by atoms with Crippen molar-refractivity contribution in [3.8, 4) is 5.75 Å². The topological polar surface area (TPSA) is 32.3 Å². The van der Waals surface area contributed by atoms with Crippen molar-refractivity contribution in [3.05, 3.63) is 53.8 Å². The highest BCUT2D eigenvalue weighted by molar-refractivity contribution is 7.98. The predicted molar refractivity (Wildman–Crippen MR) is 78.3 cm³/mol. The summed E-state index contributed by atoms with van der Waals surface area (Å²) in [6.45, 7) is 1.90. The molecular weight excluding hydrogens is 261 g/mol. The van der Waals surface area contributed by atoms with Crippen LogP contribution in [0.1, 0.15) is 18.5 Å². The molecule has 2 N–H and O–H groups in total. The minimum atomic E-state index is -0.401. The summed E-state index contributed by atoms with van der Waals surface area (Å²) in [6, 6.07) is 12.0. The molecule has 0 aliphatic rings. The van der Waals surface area contributed by atoms with E-state index in [4.69, 9.17) is 0 Å². The van der Waals surface area contributed by atoms with Crippen molar-refractivity contribution in [2.75, 3.05) is 11.6 Å². The summed E-state index contributed by atoms with van der Waals surface area (Å²) < 4.78 is 13.8. The van der Waals surface area contributed by atoms with Gasteiger partial charge >= 0.3 is 0 Å². The number of aromatic hydroxyl groups is 1. The van der Waals surface area contributed by atoms with Crippen LogP contribution in [0.4, 0.5) is 10.1 Å². The summed E-state index contributed by atoms with van der Waals surface area (Å²) >= 11 is 1.64. The number of halogens is 1. The van der Waals surface area contributed by atoms with Crippen molar-refractivity contribution >= 4 is 17.4 Å². The molecule has 0 aliphatic carbocycles. The second-order valence-electron chi connectivity index (χ2n) is 4.27. The molecule has 0 aromatic heterocycles. The smallest absolute Gasteiger partial charge is 0.132 e. The largest absolute Gasteiger partial charge is 0.508 e. The first-order valence-corrected chi connectivity index (χ1v) is 7.22. The molecule has 2 aromatic rings. The van der Waals surface area contributed by atoms with Crippen LogP contribution in [-0.4, -0.2) is 11.4 Å². The molecule has 0 amide bonds. The van der Waals surface area contributed by atoms with Crippen LogP contribution < -0.4 is 5.32 Å². The summed E-state index contributed by atoms with van der Waals surface area (Å²) in [4.78, 5) is 1.12. The lowest BCUT2D eigenvalue weighted by molar-refractivity contribution is 0.467. The van der Waals surface area contributed by atoms with Crippen molar-refractivity contribution < 1.29 is 9.50 Å². The number of phenolic OH excluding ortho intramolecular Hbond substituents is 1. The Hall–Kier alpha value is -1.68. The average molecular weight is 277 g/mol. The monoisotopic (exact) mass is 277 g/mol. The number of phenols is 1. The van der Waals surface area contributed by atoms with Gasteiger partial charge in [0.2, 0.25) is 0 Å². The third kappa shape index (κ3) is 3.20. The lowest BCUT2D eigenvalue weighted by Crippen LogP contribution is -2.09. The molecule has 0 saturated carbocycles. The quantitative estimate of drug-likeness (QED) is 0.811. The van der Waals surface area contributed by atoms with E-state index in [2.05, 4.69) is 5.32 Å². The van der Waals surface area contributed by atoms with Gasteiger partial charge < -0.3 is 10.4 Å². The lowest BCUT2D eigenvalue weighted by Gasteiger charge is -2.18. The number of para-hydroxylation sites is 1. The Morgan fingerprint density at radius 1 is 1.21 bits per heavy atom. The van der Waals surface area contributed by atoms with Crippen molar-refractivity contribution in [1.82, 2.24) is 0 Å². The first-order chi connectivity index (χ1) is 9.11. The Labute approximate surface area is 116 Å². The number of hydrogen-bond donors (Lipinski definition) is 2. The van der Waals surface area contributed by atoms with Crippen molar-refractivity contribution in [2.45, 2.75) is 17.9 Å². The second-order valence-corrected chi connectivity index (χ2v) is 5.12. The fourth-order valence-electron chi connectivity index (χ4n) is 1.94. The van der Waals surface area contributed by atoms with Crippen molar-refractivity contribution in [2.24, 2.45) is 0 Å². The van der Waals surface area contributed by atoms with Gasteiger partial charge in [0.25, 0.3) is 0 Å². The number of nitrogens with one attached hydrogen (secondary N) is 1. The highest BCUT2D eigenvalue weighted by Gasteiger charge is 2.12. The van der Waals surface area contributed by atoms with Crippen LogP contribution >= 0.6 is 11.8 Å². The van der Waals surface area contributed by atoms with Gasteiger partial charge in [0.05, 0.1) is 6.04 Å². The molecule has 0 radical (unpaired) electrons. The molecule has 1 atom stereocenters. The van der Waals surface area contributed by atoms with E-state index in [1.54, 1.807) is 17.8 Å². The van der Waals surface area contributed by atoms with E-state index in [0.29, 0.717) is 5.56 Å². The molecule has 2 rings (SSSR count). The number of benzene rings is 2. The zero-order valence-electron chi connectivity index (χ0n) is 10.9. The van der Waals surface area contributed by atoms with E-state index in [1.807, 2.05) is 37.4 Å². The number of hydrogen-bond acceptors (Lipinski definition) is 3. The minimum Gasteiger partial charge on any atom is -0.508 e. The maximum absolute atomic E-state index is 13.8. The summed E-state index contributed by atoms with van der Waals surface area (Å²) in [5.41, 5.74) is 1.52. The van der Waals surface area contributed by atoms with Gasteiger partial charge in [-0.05, 0) is 31.4 Å². The molecule has 19 heavy (non-hydrogen) atoms. The maximum atomic E-state index is 13.8. The average Bonchev–Trinajstić information content (AvgIpc) is 2.39. The Morgan fingerprint density at radius 3 is 2.63 bits per heavy atom. The highest BCUT2D eigenvalue weighted by atomic mass is 32.2. The third-order valence-electron chi connectivity index (χ3n) is 2.93. The Bertz CT molecular complexity index is 574. The Kier molecular flexibility index (Phi) is 4.32. The molecule has 2 nitrogen and oxygen atoms in total. The summed E-state index contributed by atoms with van der Waals surface area (Å²) in [7, 11) is 0. The molecule has 4 heteroatoms. The molecule has 0 aliphatic heterocycles. The second kappa shape index (κ2) is 5.97. The van der Waals surface area contributed by atoms with E-state index in [-0.39, 0.29) is 11.8 Å². The fourth-order valence-corrected chi connectivity index (χ4v) is 2.50. The highest BCUT2D eigenvalue weighted by Crippen LogP contribution is 2.29. The zero-order valence-corrected chi connectivity index (χ0v) is 11.7. The van der Waals surface area contributed by atoms with E-state index >= 15 is 0 Å². The van der Waals surface area contributed by atoms with Crippen LogP contribution in [0, 0.1) is 5.82 Å². The molecule has 0 bridgehead atoms. The van der Waals surface area contributed by atoms with Crippen LogP contribution in [-0.2, 0) is 0 Å². The molecule has 1 unspecified atom stereocenters. The lowest BCUT2D eigenvalue weighted by atomic mass is 10.1. The first kappa shape index (κ1) is 13.7. The van der Waals surface area contributed by atoms with Crippen LogP contribution in [0.3, 0.4) is 0 Å². The van der Waals surface area contributed by atoms with Crippen molar-refractivity contribution in [1.29, 1.82) is 0 Å². The molecular formula is C15H16FNOS. The van der Waals surface area contributed by atoms with E-state index < -0.39 is 5.82 Å². The minimum absolute atomic E-state index is 0.0574. The van der Waals surface area contributed by atoms with Gasteiger partial charge in [-0.2, -0.15) is 0 Å². The van der Waals surface area contributed by atoms with E-state index in [1.165, 1.54) is 6.07 Å². The number of rotatable bonds is 4. The van der Waals surface area contributed by atoms with Crippen molar-refractivity contribution in [3.63, 3.8) is 0 Å². The first-order valence-electron chi connectivity index (χ1n) is 6.00. The molecule has 0 saturated heterocycles. The summed E-state index contributed by atoms with van der Waals surface area (Å²) in [6.07, 6.45) is 2.01. The molecule has 0 spiro atoms.